The van der Waals surface area contributed by atoms with Gasteiger partial charge in [0.2, 0.25) is 0 Å². The number of benzene rings is 2. The number of hydrogen-bond donors (Lipinski definition) is 2. The molecule has 1 aromatic heterocycles. The van der Waals surface area contributed by atoms with E-state index in [0.29, 0.717) is 21.6 Å². The number of rotatable bonds is 3. The summed E-state index contributed by atoms with van der Waals surface area (Å²) >= 11 is 5.19. The number of aromatic amines is 1. The van der Waals surface area contributed by atoms with Gasteiger partial charge in [0.1, 0.15) is 0 Å². The van der Waals surface area contributed by atoms with Gasteiger partial charge in [-0.25, -0.2) is 0 Å². The van der Waals surface area contributed by atoms with E-state index >= 15 is 0 Å². The summed E-state index contributed by atoms with van der Waals surface area (Å²) in [5, 5.41) is 11.6. The maximum atomic E-state index is 12.3. The zero-order valence-corrected chi connectivity index (χ0v) is 12.8. The number of nitrogens with zero attached hydrogens (tertiary/aromatic N) is 2. The standard InChI is InChI=1S/C17H12N4OS/c18-11-12-4-6-13(7-5-12)16(22)20-14-2-1-3-15(10-14)21-9-8-19-17(21)23/h1-10H,(H,19,23)(H,20,22). The lowest BCUT2D eigenvalue weighted by molar-refractivity contribution is 0.102. The number of H-pyrrole nitrogens is 1. The largest absolute Gasteiger partial charge is 0.337 e. The molecule has 3 aromatic rings. The molecule has 0 atom stereocenters. The van der Waals surface area contributed by atoms with Gasteiger partial charge in [-0.3, -0.25) is 9.36 Å². The van der Waals surface area contributed by atoms with Crippen molar-refractivity contribution in [1.29, 1.82) is 5.26 Å². The van der Waals surface area contributed by atoms with Crippen molar-refractivity contribution in [2.24, 2.45) is 0 Å². The van der Waals surface area contributed by atoms with Gasteiger partial charge in [-0.1, -0.05) is 6.07 Å². The van der Waals surface area contributed by atoms with Crippen LogP contribution in [0.1, 0.15) is 15.9 Å². The molecule has 0 unspecified atom stereocenters. The first-order valence-corrected chi connectivity index (χ1v) is 7.26. The summed E-state index contributed by atoms with van der Waals surface area (Å²) in [4.78, 5) is 15.2. The minimum Gasteiger partial charge on any atom is -0.337 e. The van der Waals surface area contributed by atoms with Crippen molar-refractivity contribution in [3.05, 3.63) is 76.8 Å². The van der Waals surface area contributed by atoms with E-state index in [-0.39, 0.29) is 5.91 Å². The van der Waals surface area contributed by atoms with E-state index in [2.05, 4.69) is 10.3 Å². The number of amides is 1. The van der Waals surface area contributed by atoms with Crippen molar-refractivity contribution in [3.63, 3.8) is 0 Å². The van der Waals surface area contributed by atoms with Crippen molar-refractivity contribution in [1.82, 2.24) is 9.55 Å². The van der Waals surface area contributed by atoms with Gasteiger partial charge in [-0.05, 0) is 54.7 Å². The van der Waals surface area contributed by atoms with Crippen LogP contribution in [0.4, 0.5) is 5.69 Å². The molecule has 0 bridgehead atoms. The summed E-state index contributed by atoms with van der Waals surface area (Å²) in [6, 6.07) is 15.9. The van der Waals surface area contributed by atoms with Crippen molar-refractivity contribution < 1.29 is 4.79 Å². The second kappa shape index (κ2) is 6.30. The Kier molecular flexibility index (Phi) is 4.04. The van der Waals surface area contributed by atoms with Crippen LogP contribution in [0.3, 0.4) is 0 Å². The number of imidazole rings is 1. The molecule has 0 aliphatic rings. The molecule has 23 heavy (non-hydrogen) atoms. The predicted octanol–water partition coefficient (Wildman–Crippen LogP) is 3.66. The van der Waals surface area contributed by atoms with Gasteiger partial charge in [0, 0.05) is 29.3 Å². The molecular weight excluding hydrogens is 308 g/mol. The van der Waals surface area contributed by atoms with Crippen LogP contribution < -0.4 is 5.32 Å². The number of aromatic nitrogens is 2. The van der Waals surface area contributed by atoms with Crippen molar-refractivity contribution >= 4 is 23.8 Å². The third-order valence-corrected chi connectivity index (χ3v) is 3.62. The minimum atomic E-state index is -0.232. The molecule has 5 nitrogen and oxygen atoms in total. The van der Waals surface area contributed by atoms with Gasteiger partial charge in [0.25, 0.3) is 5.91 Å². The summed E-state index contributed by atoms with van der Waals surface area (Å²) in [6.45, 7) is 0. The minimum absolute atomic E-state index is 0.232. The fraction of sp³-hybridized carbons (Fsp3) is 0. The highest BCUT2D eigenvalue weighted by Gasteiger charge is 2.07. The molecule has 1 amide bonds. The highest BCUT2D eigenvalue weighted by molar-refractivity contribution is 7.71. The number of hydrogen-bond acceptors (Lipinski definition) is 3. The van der Waals surface area contributed by atoms with Crippen LogP contribution in [0.15, 0.2) is 60.9 Å². The van der Waals surface area contributed by atoms with E-state index in [1.807, 2.05) is 35.0 Å². The molecule has 1 heterocycles. The Morgan fingerprint density at radius 1 is 1.22 bits per heavy atom. The number of anilines is 1. The molecule has 2 N–H and O–H groups in total. The Bertz CT molecular complexity index is 947. The Balaban J connectivity index is 1.83. The van der Waals surface area contributed by atoms with Crippen molar-refractivity contribution in [3.8, 4) is 11.8 Å². The van der Waals surface area contributed by atoms with Crippen LogP contribution >= 0.6 is 12.2 Å². The van der Waals surface area contributed by atoms with E-state index in [1.54, 1.807) is 36.5 Å². The molecule has 0 saturated carbocycles. The molecule has 0 radical (unpaired) electrons. The van der Waals surface area contributed by atoms with Gasteiger partial charge in [-0.2, -0.15) is 5.26 Å². The predicted molar refractivity (Wildman–Crippen MR) is 90.1 cm³/mol. The van der Waals surface area contributed by atoms with Gasteiger partial charge in [0.05, 0.1) is 11.6 Å². The Morgan fingerprint density at radius 3 is 2.65 bits per heavy atom. The topological polar surface area (TPSA) is 73.6 Å². The van der Waals surface area contributed by atoms with Crippen LogP contribution in [0.25, 0.3) is 5.69 Å². The Hall–Kier alpha value is -3.17. The summed E-state index contributed by atoms with van der Waals surface area (Å²) in [7, 11) is 0. The number of carbonyl (C=O) groups is 1. The first kappa shape index (κ1) is 14.8. The van der Waals surface area contributed by atoms with Gasteiger partial charge >= 0.3 is 0 Å². The fourth-order valence-corrected chi connectivity index (χ4v) is 2.39. The maximum Gasteiger partial charge on any atom is 0.255 e. The van der Waals surface area contributed by atoms with Crippen molar-refractivity contribution in [2.45, 2.75) is 0 Å². The van der Waals surface area contributed by atoms with E-state index in [0.717, 1.165) is 5.69 Å². The first-order chi connectivity index (χ1) is 11.2. The SMILES string of the molecule is N#Cc1ccc(C(=O)Nc2cccc(-n3cc[nH]c3=S)c2)cc1. The molecule has 0 saturated heterocycles. The molecule has 6 heteroatoms. The lowest BCUT2D eigenvalue weighted by atomic mass is 10.1. The second-order valence-electron chi connectivity index (χ2n) is 4.83. The van der Waals surface area contributed by atoms with Crippen LogP contribution in [0, 0.1) is 16.1 Å². The summed E-state index contributed by atoms with van der Waals surface area (Å²) in [6.07, 6.45) is 3.58. The van der Waals surface area contributed by atoms with E-state index < -0.39 is 0 Å². The molecule has 0 spiro atoms. The summed E-state index contributed by atoms with van der Waals surface area (Å²) < 4.78 is 2.40. The molecular formula is C17H12N4OS. The average Bonchev–Trinajstić information content (AvgIpc) is 3.01. The van der Waals surface area contributed by atoms with Crippen molar-refractivity contribution in [2.75, 3.05) is 5.32 Å². The smallest absolute Gasteiger partial charge is 0.255 e. The lowest BCUT2D eigenvalue weighted by Crippen LogP contribution is -2.12. The normalized spacial score (nSPS) is 10.0. The second-order valence-corrected chi connectivity index (χ2v) is 5.22. The third kappa shape index (κ3) is 3.20. The van der Waals surface area contributed by atoms with Crippen LogP contribution in [0.5, 0.6) is 0 Å². The average molecular weight is 320 g/mol. The third-order valence-electron chi connectivity index (χ3n) is 3.31. The van der Waals surface area contributed by atoms with E-state index in [9.17, 15) is 4.79 Å². The Labute approximate surface area is 137 Å². The number of nitriles is 1. The van der Waals surface area contributed by atoms with Crippen LogP contribution in [-0.2, 0) is 0 Å². The highest BCUT2D eigenvalue weighted by atomic mass is 32.1. The first-order valence-electron chi connectivity index (χ1n) is 6.85. The summed E-state index contributed by atoms with van der Waals surface area (Å²) in [5.74, 6) is -0.232. The summed E-state index contributed by atoms with van der Waals surface area (Å²) in [5.41, 5.74) is 2.53. The Morgan fingerprint density at radius 2 is 2.00 bits per heavy atom. The molecule has 3 rings (SSSR count). The molecule has 2 aromatic carbocycles. The van der Waals surface area contributed by atoms with Gasteiger partial charge in [0.15, 0.2) is 4.77 Å². The van der Waals surface area contributed by atoms with Crippen LogP contribution in [-0.4, -0.2) is 15.5 Å². The maximum absolute atomic E-state index is 12.3. The zero-order valence-electron chi connectivity index (χ0n) is 12.0. The number of nitrogens with one attached hydrogen (secondary N) is 2. The van der Waals surface area contributed by atoms with Crippen LogP contribution in [0.2, 0.25) is 0 Å². The highest BCUT2D eigenvalue weighted by Crippen LogP contribution is 2.16. The van der Waals surface area contributed by atoms with E-state index in [1.165, 1.54) is 0 Å². The quantitative estimate of drug-likeness (QED) is 0.723. The van der Waals surface area contributed by atoms with Gasteiger partial charge in [-0.15, -0.1) is 0 Å². The lowest BCUT2D eigenvalue weighted by Gasteiger charge is -2.08. The molecule has 0 aliphatic heterocycles. The fourth-order valence-electron chi connectivity index (χ4n) is 2.16. The molecule has 112 valence electrons. The number of carbonyl (C=O) groups excluding carboxylic acids is 1. The monoisotopic (exact) mass is 320 g/mol. The zero-order chi connectivity index (χ0) is 16.2. The van der Waals surface area contributed by atoms with Gasteiger partial charge < -0.3 is 10.3 Å². The van der Waals surface area contributed by atoms with E-state index in [4.69, 9.17) is 17.5 Å². The molecule has 0 fully saturated rings. The molecule has 0 aliphatic carbocycles.